The van der Waals surface area contributed by atoms with Crippen molar-refractivity contribution in [2.75, 3.05) is 6.61 Å². The number of fused-ring (bicyclic) bond motifs is 1. The van der Waals surface area contributed by atoms with Gasteiger partial charge >= 0.3 is 0 Å². The topological polar surface area (TPSA) is 75.5 Å². The molecule has 1 amide bonds. The molecule has 6 nitrogen and oxygen atoms in total. The Morgan fingerprint density at radius 1 is 1.03 bits per heavy atom. The van der Waals surface area contributed by atoms with Crippen LogP contribution in [0.3, 0.4) is 0 Å². The third kappa shape index (κ3) is 4.60. The molecule has 6 heteroatoms. The molecular formula is C24H22N2O4. The van der Waals surface area contributed by atoms with Crippen molar-refractivity contribution in [2.24, 2.45) is 0 Å². The molecule has 0 fully saturated rings. The Bertz CT molecular complexity index is 1200. The molecule has 2 aromatic carbocycles. The first-order chi connectivity index (χ1) is 14.6. The number of nitrogens with one attached hydrogen (secondary N) is 1. The van der Waals surface area contributed by atoms with Crippen LogP contribution in [0.4, 0.5) is 0 Å². The minimum atomic E-state index is -0.237. The largest absolute Gasteiger partial charge is 0.484 e. The summed E-state index contributed by atoms with van der Waals surface area (Å²) in [5.74, 6) is 1.01. The Balaban J connectivity index is 1.57. The fourth-order valence-electron chi connectivity index (χ4n) is 3.26. The van der Waals surface area contributed by atoms with E-state index < -0.39 is 0 Å². The molecule has 152 valence electrons. The van der Waals surface area contributed by atoms with E-state index in [1.807, 2.05) is 49.4 Å². The van der Waals surface area contributed by atoms with Crippen LogP contribution in [0.25, 0.3) is 10.9 Å². The first-order valence-corrected chi connectivity index (χ1v) is 9.69. The summed E-state index contributed by atoms with van der Waals surface area (Å²) in [6.45, 7) is 2.24. The Kier molecular flexibility index (Phi) is 5.66. The van der Waals surface area contributed by atoms with Gasteiger partial charge in [0.2, 0.25) is 0 Å². The van der Waals surface area contributed by atoms with Crippen molar-refractivity contribution in [1.82, 2.24) is 9.88 Å². The predicted octanol–water partition coefficient (Wildman–Crippen LogP) is 4.04. The number of H-pyrrole nitrogens is 1. The van der Waals surface area contributed by atoms with Crippen molar-refractivity contribution in [2.45, 2.75) is 20.0 Å². The molecule has 2 heterocycles. The van der Waals surface area contributed by atoms with Crippen LogP contribution in [0.1, 0.15) is 16.9 Å². The van der Waals surface area contributed by atoms with E-state index in [0.717, 1.165) is 16.5 Å². The number of hydrogen-bond donors (Lipinski definition) is 1. The van der Waals surface area contributed by atoms with E-state index in [4.69, 9.17) is 9.15 Å². The van der Waals surface area contributed by atoms with Crippen LogP contribution in [0.5, 0.6) is 5.75 Å². The summed E-state index contributed by atoms with van der Waals surface area (Å²) in [6.07, 6.45) is 1.56. The van der Waals surface area contributed by atoms with Crippen LogP contribution in [0, 0.1) is 6.92 Å². The zero-order valence-corrected chi connectivity index (χ0v) is 16.6. The number of amides is 1. The van der Waals surface area contributed by atoms with E-state index in [2.05, 4.69) is 4.98 Å². The van der Waals surface area contributed by atoms with Crippen molar-refractivity contribution in [3.8, 4) is 5.75 Å². The minimum Gasteiger partial charge on any atom is -0.484 e. The third-order valence-corrected chi connectivity index (χ3v) is 4.82. The second-order valence-electron chi connectivity index (χ2n) is 7.15. The van der Waals surface area contributed by atoms with Gasteiger partial charge in [-0.2, -0.15) is 0 Å². The van der Waals surface area contributed by atoms with Crippen molar-refractivity contribution in [1.29, 1.82) is 0 Å². The van der Waals surface area contributed by atoms with Crippen LogP contribution in [-0.2, 0) is 17.9 Å². The minimum absolute atomic E-state index is 0.130. The summed E-state index contributed by atoms with van der Waals surface area (Å²) >= 11 is 0. The van der Waals surface area contributed by atoms with Gasteiger partial charge in [-0.15, -0.1) is 0 Å². The molecule has 2 aromatic heterocycles. The van der Waals surface area contributed by atoms with Gasteiger partial charge in [0.05, 0.1) is 19.4 Å². The molecule has 4 rings (SSSR count). The van der Waals surface area contributed by atoms with E-state index in [1.54, 1.807) is 35.4 Å². The van der Waals surface area contributed by atoms with Gasteiger partial charge in [0.25, 0.3) is 11.5 Å². The number of carbonyl (C=O) groups excluding carboxylic acids is 1. The highest BCUT2D eigenvalue weighted by atomic mass is 16.5. The maximum atomic E-state index is 12.9. The highest BCUT2D eigenvalue weighted by Crippen LogP contribution is 2.16. The van der Waals surface area contributed by atoms with Crippen LogP contribution >= 0.6 is 0 Å². The molecule has 30 heavy (non-hydrogen) atoms. The number of benzene rings is 2. The number of aromatic nitrogens is 1. The van der Waals surface area contributed by atoms with E-state index in [1.165, 1.54) is 0 Å². The van der Waals surface area contributed by atoms with E-state index in [0.29, 0.717) is 17.1 Å². The van der Waals surface area contributed by atoms with Crippen molar-refractivity contribution >= 4 is 16.8 Å². The molecular weight excluding hydrogens is 380 g/mol. The Hall–Kier alpha value is -3.80. The SMILES string of the molecule is Cc1ccc2cc(CN(Cc3ccco3)C(=O)COc3ccccc3)c(=O)[nH]c2c1. The van der Waals surface area contributed by atoms with Gasteiger partial charge in [-0.25, -0.2) is 0 Å². The lowest BCUT2D eigenvalue weighted by atomic mass is 10.1. The number of ether oxygens (including phenoxy) is 1. The van der Waals surface area contributed by atoms with Crippen molar-refractivity contribution in [3.63, 3.8) is 0 Å². The second-order valence-corrected chi connectivity index (χ2v) is 7.15. The smallest absolute Gasteiger partial charge is 0.261 e. The number of nitrogens with zero attached hydrogens (tertiary/aromatic N) is 1. The molecule has 0 aliphatic carbocycles. The molecule has 0 radical (unpaired) electrons. The molecule has 0 atom stereocenters. The number of para-hydroxylation sites is 1. The molecule has 0 saturated carbocycles. The average molecular weight is 402 g/mol. The quantitative estimate of drug-likeness (QED) is 0.506. The standard InChI is InChI=1S/C24H22N2O4/c1-17-9-10-18-13-19(24(28)25-22(18)12-17)14-26(15-21-8-5-11-29-21)23(27)16-30-20-6-3-2-4-7-20/h2-13H,14-16H2,1H3,(H,25,28). The zero-order valence-electron chi connectivity index (χ0n) is 16.6. The second kappa shape index (κ2) is 8.69. The van der Waals surface area contributed by atoms with E-state index in [-0.39, 0.29) is 31.2 Å². The number of pyridine rings is 1. The molecule has 0 unspecified atom stereocenters. The predicted molar refractivity (Wildman–Crippen MR) is 114 cm³/mol. The van der Waals surface area contributed by atoms with Gasteiger partial charge in [0.15, 0.2) is 6.61 Å². The fourth-order valence-corrected chi connectivity index (χ4v) is 3.26. The zero-order chi connectivity index (χ0) is 20.9. The van der Waals surface area contributed by atoms with Crippen LogP contribution in [-0.4, -0.2) is 22.4 Å². The lowest BCUT2D eigenvalue weighted by Gasteiger charge is -2.22. The number of aromatic amines is 1. The normalized spacial score (nSPS) is 10.8. The highest BCUT2D eigenvalue weighted by Gasteiger charge is 2.18. The van der Waals surface area contributed by atoms with Gasteiger partial charge in [-0.1, -0.05) is 30.3 Å². The number of aryl methyl sites for hydroxylation is 1. The van der Waals surface area contributed by atoms with Crippen molar-refractivity contribution < 1.29 is 13.9 Å². The van der Waals surface area contributed by atoms with Gasteiger partial charge in [0, 0.05) is 11.1 Å². The fraction of sp³-hybridized carbons (Fsp3) is 0.167. The number of rotatable bonds is 7. The summed E-state index contributed by atoms with van der Waals surface area (Å²) in [6, 6.07) is 20.4. The Morgan fingerprint density at radius 2 is 1.87 bits per heavy atom. The van der Waals surface area contributed by atoms with Crippen LogP contribution < -0.4 is 10.3 Å². The summed E-state index contributed by atoms with van der Waals surface area (Å²) in [4.78, 5) is 30.0. The molecule has 0 saturated heterocycles. The molecule has 0 spiro atoms. The summed E-state index contributed by atoms with van der Waals surface area (Å²) in [7, 11) is 0. The van der Waals surface area contributed by atoms with E-state index >= 15 is 0 Å². The maximum absolute atomic E-state index is 12.9. The monoisotopic (exact) mass is 402 g/mol. The van der Waals surface area contributed by atoms with Gasteiger partial charge < -0.3 is 19.0 Å². The average Bonchev–Trinajstić information content (AvgIpc) is 3.26. The molecule has 0 aliphatic heterocycles. The Labute approximate surface area is 173 Å². The first kappa shape index (κ1) is 19.5. The van der Waals surface area contributed by atoms with E-state index in [9.17, 15) is 9.59 Å². The summed E-state index contributed by atoms with van der Waals surface area (Å²) in [5.41, 5.74) is 2.14. The number of hydrogen-bond acceptors (Lipinski definition) is 4. The number of carbonyl (C=O) groups is 1. The lowest BCUT2D eigenvalue weighted by Crippen LogP contribution is -2.35. The van der Waals surface area contributed by atoms with Gasteiger partial charge in [0.1, 0.15) is 11.5 Å². The van der Waals surface area contributed by atoms with Crippen molar-refractivity contribution in [3.05, 3.63) is 100 Å². The number of furan rings is 1. The third-order valence-electron chi connectivity index (χ3n) is 4.82. The Morgan fingerprint density at radius 3 is 2.63 bits per heavy atom. The molecule has 0 bridgehead atoms. The molecule has 1 N–H and O–H groups in total. The highest BCUT2D eigenvalue weighted by molar-refractivity contribution is 5.80. The van der Waals surface area contributed by atoms with Crippen LogP contribution in [0.15, 0.2) is 82.2 Å². The van der Waals surface area contributed by atoms with Gasteiger partial charge in [-0.05, 0) is 54.3 Å². The van der Waals surface area contributed by atoms with Crippen LogP contribution in [0.2, 0.25) is 0 Å². The molecule has 0 aliphatic rings. The maximum Gasteiger partial charge on any atom is 0.261 e. The lowest BCUT2D eigenvalue weighted by molar-refractivity contribution is -0.134. The first-order valence-electron chi connectivity index (χ1n) is 9.69. The summed E-state index contributed by atoms with van der Waals surface area (Å²) in [5, 5.41) is 0.918. The summed E-state index contributed by atoms with van der Waals surface area (Å²) < 4.78 is 11.0. The van der Waals surface area contributed by atoms with Gasteiger partial charge in [-0.3, -0.25) is 9.59 Å². The molecule has 4 aromatic rings.